The van der Waals surface area contributed by atoms with Crippen molar-refractivity contribution in [2.75, 3.05) is 0 Å². The van der Waals surface area contributed by atoms with Crippen LogP contribution in [0.4, 0.5) is 4.39 Å². The lowest BCUT2D eigenvalue weighted by atomic mass is 9.81. The third-order valence-corrected chi connectivity index (χ3v) is 4.90. The largest absolute Gasteiger partial charge is 0.480 e. The van der Waals surface area contributed by atoms with Gasteiger partial charge in [-0.3, -0.25) is 4.79 Å². The van der Waals surface area contributed by atoms with Gasteiger partial charge in [0, 0.05) is 5.92 Å². The van der Waals surface area contributed by atoms with Gasteiger partial charge in [0.05, 0.1) is 0 Å². The summed E-state index contributed by atoms with van der Waals surface area (Å²) in [4.78, 5) is 24.0. The zero-order valence-corrected chi connectivity index (χ0v) is 12.3. The van der Waals surface area contributed by atoms with E-state index >= 15 is 0 Å². The normalized spacial score (nSPS) is 26.2. The van der Waals surface area contributed by atoms with Crippen LogP contribution in [-0.4, -0.2) is 22.5 Å². The van der Waals surface area contributed by atoms with E-state index in [1.165, 1.54) is 12.1 Å². The maximum Gasteiger partial charge on any atom is 0.329 e. The molecule has 0 saturated heterocycles. The molecule has 2 fully saturated rings. The molecular weight excluding hydrogens is 285 g/mol. The van der Waals surface area contributed by atoms with Crippen LogP contribution in [0.2, 0.25) is 0 Å². The average molecular weight is 305 g/mol. The average Bonchev–Trinajstić information content (AvgIpc) is 3.29. The Balaban J connectivity index is 1.65. The number of carbonyl (C=O) groups is 2. The zero-order valence-electron chi connectivity index (χ0n) is 12.3. The van der Waals surface area contributed by atoms with Gasteiger partial charge in [-0.2, -0.15) is 0 Å². The van der Waals surface area contributed by atoms with Gasteiger partial charge in [-0.25, -0.2) is 9.18 Å². The van der Waals surface area contributed by atoms with Crippen molar-refractivity contribution in [2.45, 2.75) is 50.0 Å². The van der Waals surface area contributed by atoms with Crippen molar-refractivity contribution < 1.29 is 19.1 Å². The third kappa shape index (κ3) is 2.85. The van der Waals surface area contributed by atoms with Crippen LogP contribution in [0.5, 0.6) is 0 Å². The van der Waals surface area contributed by atoms with Gasteiger partial charge in [-0.05, 0) is 42.9 Å². The van der Waals surface area contributed by atoms with Crippen LogP contribution in [0.15, 0.2) is 24.3 Å². The van der Waals surface area contributed by atoms with E-state index in [-0.39, 0.29) is 23.6 Å². The fourth-order valence-corrected chi connectivity index (χ4v) is 3.44. The molecule has 0 aliphatic heterocycles. The number of rotatable bonds is 4. The maximum atomic E-state index is 12.9. The Labute approximate surface area is 128 Å². The number of amides is 1. The minimum Gasteiger partial charge on any atom is -0.480 e. The highest BCUT2D eigenvalue weighted by atomic mass is 19.1. The Morgan fingerprint density at radius 2 is 1.77 bits per heavy atom. The molecule has 2 atom stereocenters. The van der Waals surface area contributed by atoms with Crippen LogP contribution >= 0.6 is 0 Å². The Kier molecular flexibility index (Phi) is 3.89. The molecule has 1 amide bonds. The fraction of sp³-hybridized carbons (Fsp3) is 0.529. The molecule has 2 saturated carbocycles. The van der Waals surface area contributed by atoms with Gasteiger partial charge in [0.15, 0.2) is 0 Å². The van der Waals surface area contributed by atoms with Crippen LogP contribution in [0.1, 0.15) is 50.0 Å². The first kappa shape index (κ1) is 15.0. The topological polar surface area (TPSA) is 66.4 Å². The van der Waals surface area contributed by atoms with Gasteiger partial charge in [0.2, 0.25) is 5.91 Å². The molecule has 118 valence electrons. The molecule has 1 aromatic rings. The summed E-state index contributed by atoms with van der Waals surface area (Å²) >= 11 is 0. The van der Waals surface area contributed by atoms with E-state index in [1.54, 1.807) is 12.1 Å². The van der Waals surface area contributed by atoms with Crippen molar-refractivity contribution >= 4 is 11.9 Å². The Morgan fingerprint density at radius 1 is 1.14 bits per heavy atom. The molecule has 3 rings (SSSR count). The van der Waals surface area contributed by atoms with Gasteiger partial charge >= 0.3 is 5.97 Å². The van der Waals surface area contributed by atoms with E-state index in [2.05, 4.69) is 5.32 Å². The van der Waals surface area contributed by atoms with Crippen LogP contribution < -0.4 is 5.32 Å². The monoisotopic (exact) mass is 305 g/mol. The number of nitrogens with one attached hydrogen (secondary N) is 1. The van der Waals surface area contributed by atoms with Crippen molar-refractivity contribution in [3.05, 3.63) is 35.6 Å². The number of carbonyl (C=O) groups excluding carboxylic acids is 1. The molecule has 2 unspecified atom stereocenters. The first-order valence-electron chi connectivity index (χ1n) is 7.83. The number of hydrogen-bond acceptors (Lipinski definition) is 2. The fourth-order valence-electron chi connectivity index (χ4n) is 3.44. The molecule has 0 bridgehead atoms. The first-order valence-corrected chi connectivity index (χ1v) is 7.83. The number of carboxylic acids is 1. The number of aliphatic carboxylic acids is 1. The summed E-state index contributed by atoms with van der Waals surface area (Å²) in [7, 11) is 0. The summed E-state index contributed by atoms with van der Waals surface area (Å²) < 4.78 is 12.9. The van der Waals surface area contributed by atoms with E-state index in [1.807, 2.05) is 0 Å². The summed E-state index contributed by atoms with van der Waals surface area (Å²) in [5.74, 6) is -1.52. The second kappa shape index (κ2) is 5.71. The van der Waals surface area contributed by atoms with E-state index in [0.29, 0.717) is 19.3 Å². The minimum absolute atomic E-state index is 0.0787. The van der Waals surface area contributed by atoms with Crippen LogP contribution in [0.3, 0.4) is 0 Å². The molecule has 0 aromatic heterocycles. The van der Waals surface area contributed by atoms with Crippen molar-refractivity contribution in [2.24, 2.45) is 5.92 Å². The predicted octanol–water partition coefficient (Wildman–Crippen LogP) is 2.83. The smallest absolute Gasteiger partial charge is 0.329 e. The molecule has 2 N–H and O–H groups in total. The Bertz CT molecular complexity index is 578. The highest BCUT2D eigenvalue weighted by molar-refractivity contribution is 5.90. The lowest BCUT2D eigenvalue weighted by Crippen LogP contribution is -2.56. The molecular formula is C17H20FNO3. The van der Waals surface area contributed by atoms with Crippen LogP contribution in [0.25, 0.3) is 0 Å². The molecule has 2 aliphatic rings. The summed E-state index contributed by atoms with van der Waals surface area (Å²) in [5.41, 5.74) is -0.153. The van der Waals surface area contributed by atoms with Gasteiger partial charge in [-0.1, -0.05) is 31.4 Å². The third-order valence-electron chi connectivity index (χ3n) is 4.90. The number of halogens is 1. The molecule has 0 spiro atoms. The van der Waals surface area contributed by atoms with E-state index in [4.69, 9.17) is 0 Å². The van der Waals surface area contributed by atoms with Crippen molar-refractivity contribution in [1.82, 2.24) is 5.32 Å². The lowest BCUT2D eigenvalue weighted by molar-refractivity contribution is -0.149. The standard InChI is InChI=1S/C17H20FNO3/c18-12-6-4-11(5-7-12)13-10-14(13)15(20)19-17(16(21)22)8-2-1-3-9-17/h4-7,13-14H,1-3,8-10H2,(H,19,20)(H,21,22). The first-order chi connectivity index (χ1) is 10.5. The zero-order chi connectivity index (χ0) is 15.7. The summed E-state index contributed by atoms with van der Waals surface area (Å²) in [5, 5.41) is 12.3. The van der Waals surface area contributed by atoms with Crippen LogP contribution in [-0.2, 0) is 9.59 Å². The van der Waals surface area contributed by atoms with Gasteiger partial charge in [-0.15, -0.1) is 0 Å². The van der Waals surface area contributed by atoms with E-state index in [0.717, 1.165) is 24.8 Å². The molecule has 4 nitrogen and oxygen atoms in total. The number of hydrogen-bond donors (Lipinski definition) is 2. The molecule has 5 heteroatoms. The molecule has 0 radical (unpaired) electrons. The quantitative estimate of drug-likeness (QED) is 0.899. The highest BCUT2D eigenvalue weighted by Gasteiger charge is 2.48. The molecule has 1 aromatic carbocycles. The van der Waals surface area contributed by atoms with Crippen molar-refractivity contribution in [3.63, 3.8) is 0 Å². The molecule has 0 heterocycles. The minimum atomic E-state index is -1.09. The summed E-state index contributed by atoms with van der Waals surface area (Å²) in [6.45, 7) is 0. The van der Waals surface area contributed by atoms with Crippen LogP contribution in [0, 0.1) is 11.7 Å². The van der Waals surface area contributed by atoms with E-state index < -0.39 is 11.5 Å². The molecule has 2 aliphatic carbocycles. The SMILES string of the molecule is O=C(NC1(C(=O)O)CCCCC1)C1CC1c1ccc(F)cc1. The molecule has 22 heavy (non-hydrogen) atoms. The number of carboxylic acid groups (broad SMARTS) is 1. The summed E-state index contributed by atoms with van der Waals surface area (Å²) in [6, 6.07) is 6.17. The maximum absolute atomic E-state index is 12.9. The van der Waals surface area contributed by atoms with E-state index in [9.17, 15) is 19.1 Å². The Morgan fingerprint density at radius 3 is 2.36 bits per heavy atom. The predicted molar refractivity (Wildman–Crippen MR) is 78.8 cm³/mol. The second-order valence-electron chi connectivity index (χ2n) is 6.44. The van der Waals surface area contributed by atoms with Gasteiger partial charge in [0.25, 0.3) is 0 Å². The van der Waals surface area contributed by atoms with Crippen molar-refractivity contribution in [3.8, 4) is 0 Å². The number of benzene rings is 1. The summed E-state index contributed by atoms with van der Waals surface area (Å²) in [6.07, 6.45) is 4.39. The van der Waals surface area contributed by atoms with Crippen molar-refractivity contribution in [1.29, 1.82) is 0 Å². The Hall–Kier alpha value is -1.91. The second-order valence-corrected chi connectivity index (χ2v) is 6.44. The van der Waals surface area contributed by atoms with Gasteiger partial charge < -0.3 is 10.4 Å². The van der Waals surface area contributed by atoms with Gasteiger partial charge in [0.1, 0.15) is 11.4 Å². The lowest BCUT2D eigenvalue weighted by Gasteiger charge is -2.34. The highest BCUT2D eigenvalue weighted by Crippen LogP contribution is 2.48.